The van der Waals surface area contributed by atoms with Crippen LogP contribution in [0.4, 0.5) is 5.69 Å². The Morgan fingerprint density at radius 3 is 2.62 bits per heavy atom. The van der Waals surface area contributed by atoms with Gasteiger partial charge in [-0.25, -0.2) is 0 Å². The van der Waals surface area contributed by atoms with E-state index in [0.717, 1.165) is 11.3 Å². The van der Waals surface area contributed by atoms with Gasteiger partial charge in [-0.1, -0.05) is 24.3 Å². The monoisotopic (exact) mass is 396 g/mol. The van der Waals surface area contributed by atoms with Crippen molar-refractivity contribution in [3.05, 3.63) is 59.7 Å². The number of carboxylic acids is 1. The highest BCUT2D eigenvalue weighted by Gasteiger charge is 2.34. The number of carbonyl (C=O) groups excluding carboxylic acids is 2. The van der Waals surface area contributed by atoms with Crippen LogP contribution in [0.5, 0.6) is 5.75 Å². The van der Waals surface area contributed by atoms with Gasteiger partial charge in [0.2, 0.25) is 11.8 Å². The molecular weight excluding hydrogens is 372 g/mol. The largest absolute Gasteiger partial charge is 0.497 e. The first kappa shape index (κ1) is 20.4. The fourth-order valence-electron chi connectivity index (χ4n) is 3.32. The lowest BCUT2D eigenvalue weighted by Crippen LogP contribution is -2.28. The number of aliphatic carboxylic acids is 1. The second-order valence-corrected chi connectivity index (χ2v) is 7.20. The summed E-state index contributed by atoms with van der Waals surface area (Å²) in [6.45, 7) is 2.39. The number of ether oxygens (including phenoxy) is 1. The molecule has 1 heterocycles. The third-order valence-corrected chi connectivity index (χ3v) is 5.14. The standard InChI is InChI=1S/C22H24N2O5/c1-14(22(27)28)16-4-3-5-18(10-16)23-21(26)17-11-20(25)24(13-17)12-15-6-8-19(29-2)9-7-15/h3-10,14,17H,11-13H2,1-2H3,(H,23,26)(H,27,28). The Hall–Kier alpha value is -3.35. The molecule has 2 atom stereocenters. The van der Waals surface area contributed by atoms with E-state index in [4.69, 9.17) is 9.84 Å². The van der Waals surface area contributed by atoms with Crippen LogP contribution in [-0.4, -0.2) is 41.4 Å². The molecule has 1 aliphatic rings. The van der Waals surface area contributed by atoms with Crippen molar-refractivity contribution in [1.82, 2.24) is 4.90 Å². The molecule has 3 rings (SSSR count). The molecule has 0 saturated carbocycles. The van der Waals surface area contributed by atoms with Gasteiger partial charge in [-0.2, -0.15) is 0 Å². The molecule has 7 nitrogen and oxygen atoms in total. The first-order chi connectivity index (χ1) is 13.9. The van der Waals surface area contributed by atoms with Crippen molar-refractivity contribution >= 4 is 23.5 Å². The van der Waals surface area contributed by atoms with Gasteiger partial charge in [0, 0.05) is 25.2 Å². The summed E-state index contributed by atoms with van der Waals surface area (Å²) in [5.74, 6) is -1.59. The summed E-state index contributed by atoms with van der Waals surface area (Å²) in [5.41, 5.74) is 2.11. The van der Waals surface area contributed by atoms with Crippen molar-refractivity contribution in [2.24, 2.45) is 5.92 Å². The van der Waals surface area contributed by atoms with Crippen LogP contribution in [0.25, 0.3) is 0 Å². The van der Waals surface area contributed by atoms with Crippen LogP contribution in [-0.2, 0) is 20.9 Å². The van der Waals surface area contributed by atoms with E-state index in [0.29, 0.717) is 24.3 Å². The first-order valence-electron chi connectivity index (χ1n) is 9.41. The SMILES string of the molecule is COc1ccc(CN2CC(C(=O)Nc3cccc(C(C)C(=O)O)c3)CC2=O)cc1. The number of hydrogen-bond donors (Lipinski definition) is 2. The summed E-state index contributed by atoms with van der Waals surface area (Å²) in [7, 11) is 1.60. The molecule has 2 N–H and O–H groups in total. The van der Waals surface area contributed by atoms with Gasteiger partial charge in [-0.05, 0) is 42.3 Å². The Morgan fingerprint density at radius 2 is 1.97 bits per heavy atom. The van der Waals surface area contributed by atoms with Crippen molar-refractivity contribution in [3.8, 4) is 5.75 Å². The predicted octanol–water partition coefficient (Wildman–Crippen LogP) is 2.87. The maximum Gasteiger partial charge on any atom is 0.310 e. The van der Waals surface area contributed by atoms with E-state index in [2.05, 4.69) is 5.32 Å². The lowest BCUT2D eigenvalue weighted by atomic mass is 10.0. The second kappa shape index (κ2) is 8.77. The molecule has 1 aliphatic heterocycles. The molecule has 152 valence electrons. The van der Waals surface area contributed by atoms with Crippen LogP contribution in [0, 0.1) is 5.92 Å². The number of nitrogens with one attached hydrogen (secondary N) is 1. The number of rotatable bonds is 7. The zero-order valence-electron chi connectivity index (χ0n) is 16.4. The Morgan fingerprint density at radius 1 is 1.24 bits per heavy atom. The summed E-state index contributed by atoms with van der Waals surface area (Å²) in [6, 6.07) is 14.3. The Labute approximate surface area is 169 Å². The third-order valence-electron chi connectivity index (χ3n) is 5.14. The lowest BCUT2D eigenvalue weighted by molar-refractivity contribution is -0.138. The summed E-state index contributed by atoms with van der Waals surface area (Å²) >= 11 is 0. The highest BCUT2D eigenvalue weighted by atomic mass is 16.5. The molecule has 0 radical (unpaired) electrons. The van der Waals surface area contributed by atoms with Gasteiger partial charge in [0.25, 0.3) is 0 Å². The smallest absolute Gasteiger partial charge is 0.310 e. The van der Waals surface area contributed by atoms with Crippen molar-refractivity contribution < 1.29 is 24.2 Å². The molecule has 0 aliphatic carbocycles. The normalized spacial score (nSPS) is 17.1. The molecule has 2 amide bonds. The summed E-state index contributed by atoms with van der Waals surface area (Å²) in [5, 5.41) is 12.0. The number of likely N-dealkylation sites (tertiary alicyclic amines) is 1. The van der Waals surface area contributed by atoms with E-state index in [1.54, 1.807) is 43.2 Å². The average Bonchev–Trinajstić information content (AvgIpc) is 3.08. The summed E-state index contributed by atoms with van der Waals surface area (Å²) < 4.78 is 5.14. The van der Waals surface area contributed by atoms with E-state index in [-0.39, 0.29) is 18.2 Å². The molecule has 29 heavy (non-hydrogen) atoms. The van der Waals surface area contributed by atoms with Gasteiger partial charge in [0.05, 0.1) is 18.9 Å². The molecule has 2 unspecified atom stereocenters. The lowest BCUT2D eigenvalue weighted by Gasteiger charge is -2.17. The summed E-state index contributed by atoms with van der Waals surface area (Å²) in [4.78, 5) is 37.8. The number of carboxylic acid groups (broad SMARTS) is 1. The van der Waals surface area contributed by atoms with E-state index in [9.17, 15) is 14.4 Å². The quantitative estimate of drug-likeness (QED) is 0.750. The minimum Gasteiger partial charge on any atom is -0.497 e. The number of benzene rings is 2. The zero-order valence-corrected chi connectivity index (χ0v) is 16.4. The fraction of sp³-hybridized carbons (Fsp3) is 0.318. The van der Waals surface area contributed by atoms with Crippen LogP contribution in [0.15, 0.2) is 48.5 Å². The van der Waals surface area contributed by atoms with Crippen molar-refractivity contribution in [1.29, 1.82) is 0 Å². The van der Waals surface area contributed by atoms with Crippen LogP contribution < -0.4 is 10.1 Å². The highest BCUT2D eigenvalue weighted by Crippen LogP contribution is 2.24. The highest BCUT2D eigenvalue weighted by molar-refractivity contribution is 5.97. The van der Waals surface area contributed by atoms with Crippen LogP contribution in [0.3, 0.4) is 0 Å². The van der Waals surface area contributed by atoms with Crippen molar-refractivity contribution in [2.75, 3.05) is 19.0 Å². The van der Waals surface area contributed by atoms with E-state index < -0.39 is 17.8 Å². The number of anilines is 1. The van der Waals surface area contributed by atoms with E-state index >= 15 is 0 Å². The topological polar surface area (TPSA) is 95.9 Å². The molecule has 7 heteroatoms. The average molecular weight is 396 g/mol. The molecular formula is C22H24N2O5. The van der Waals surface area contributed by atoms with E-state index in [1.807, 2.05) is 24.3 Å². The van der Waals surface area contributed by atoms with Crippen molar-refractivity contribution in [3.63, 3.8) is 0 Å². The van der Waals surface area contributed by atoms with Gasteiger partial charge < -0.3 is 20.1 Å². The van der Waals surface area contributed by atoms with Gasteiger partial charge in [0.15, 0.2) is 0 Å². The van der Waals surface area contributed by atoms with Gasteiger partial charge in [0.1, 0.15) is 5.75 Å². The predicted molar refractivity (Wildman–Crippen MR) is 108 cm³/mol. The summed E-state index contributed by atoms with van der Waals surface area (Å²) in [6.07, 6.45) is 0.160. The minimum absolute atomic E-state index is 0.0609. The van der Waals surface area contributed by atoms with Crippen LogP contribution in [0.1, 0.15) is 30.4 Å². The Kier molecular flexibility index (Phi) is 6.16. The van der Waals surface area contributed by atoms with Gasteiger partial charge >= 0.3 is 5.97 Å². The maximum atomic E-state index is 12.6. The van der Waals surface area contributed by atoms with Crippen LogP contribution >= 0.6 is 0 Å². The molecule has 0 aromatic heterocycles. The molecule has 2 aromatic rings. The van der Waals surface area contributed by atoms with E-state index in [1.165, 1.54) is 0 Å². The number of carbonyl (C=O) groups is 3. The molecule has 1 saturated heterocycles. The molecule has 2 aromatic carbocycles. The zero-order chi connectivity index (χ0) is 21.0. The van der Waals surface area contributed by atoms with Gasteiger partial charge in [-0.3, -0.25) is 14.4 Å². The number of hydrogen-bond acceptors (Lipinski definition) is 4. The Bertz CT molecular complexity index is 910. The minimum atomic E-state index is -0.927. The molecule has 1 fully saturated rings. The Balaban J connectivity index is 1.61. The van der Waals surface area contributed by atoms with Crippen LogP contribution in [0.2, 0.25) is 0 Å². The third kappa shape index (κ3) is 4.93. The maximum absolute atomic E-state index is 12.6. The first-order valence-corrected chi connectivity index (χ1v) is 9.41. The fourth-order valence-corrected chi connectivity index (χ4v) is 3.32. The number of nitrogens with zero attached hydrogens (tertiary/aromatic N) is 1. The molecule has 0 bridgehead atoms. The van der Waals surface area contributed by atoms with Crippen molar-refractivity contribution in [2.45, 2.75) is 25.8 Å². The molecule has 0 spiro atoms. The number of methoxy groups -OCH3 is 1. The second-order valence-electron chi connectivity index (χ2n) is 7.20. The van der Waals surface area contributed by atoms with Gasteiger partial charge in [-0.15, -0.1) is 0 Å². The number of amides is 2.